The van der Waals surface area contributed by atoms with Crippen LogP contribution in [0.1, 0.15) is 47.2 Å². The first kappa shape index (κ1) is 21.4. The molecule has 1 saturated heterocycles. The van der Waals surface area contributed by atoms with Crippen molar-refractivity contribution in [3.63, 3.8) is 0 Å². The van der Waals surface area contributed by atoms with Gasteiger partial charge < -0.3 is 0 Å². The fourth-order valence-electron chi connectivity index (χ4n) is 4.16. The van der Waals surface area contributed by atoms with Gasteiger partial charge in [0.1, 0.15) is 0 Å². The lowest BCUT2D eigenvalue weighted by Crippen LogP contribution is -2.33. The lowest BCUT2D eigenvalue weighted by Gasteiger charge is -2.30. The van der Waals surface area contributed by atoms with Crippen molar-refractivity contribution in [1.82, 2.24) is 19.7 Å². The number of amides is 1. The van der Waals surface area contributed by atoms with Gasteiger partial charge in [-0.2, -0.15) is 5.10 Å². The second-order valence-corrected chi connectivity index (χ2v) is 9.06. The highest BCUT2D eigenvalue weighted by Crippen LogP contribution is 2.22. The molecule has 162 valence electrons. The number of thiazole rings is 1. The third-order valence-corrected chi connectivity index (χ3v) is 6.43. The van der Waals surface area contributed by atoms with E-state index in [1.54, 1.807) is 18.5 Å². The molecule has 1 aliphatic rings. The van der Waals surface area contributed by atoms with E-state index in [9.17, 15) is 9.59 Å². The zero-order valence-electron chi connectivity index (χ0n) is 18.1. The Bertz CT molecular complexity index is 1090. The Morgan fingerprint density at radius 3 is 2.74 bits per heavy atom. The summed E-state index contributed by atoms with van der Waals surface area (Å²) in [6.45, 7) is 8.73. The normalized spacial score (nSPS) is 16.9. The van der Waals surface area contributed by atoms with Gasteiger partial charge in [-0.15, -0.1) is 11.3 Å². The van der Waals surface area contributed by atoms with E-state index in [4.69, 9.17) is 0 Å². The summed E-state index contributed by atoms with van der Waals surface area (Å²) in [7, 11) is 0. The van der Waals surface area contributed by atoms with E-state index in [-0.39, 0.29) is 0 Å². The number of aromatic nitrogens is 3. The molecular formula is C23H27N5O2S. The number of hydrogen-bond acceptors (Lipinski definition) is 6. The number of nitrogens with one attached hydrogen (secondary N) is 1. The molecule has 2 aromatic heterocycles. The molecule has 1 atom stereocenters. The Morgan fingerprint density at radius 1 is 1.23 bits per heavy atom. The van der Waals surface area contributed by atoms with Crippen molar-refractivity contribution in [2.75, 3.05) is 18.4 Å². The molecular weight excluding hydrogens is 410 g/mol. The number of piperidine rings is 1. The molecule has 1 amide bonds. The number of carbonyl (C=O) groups is 2. The summed E-state index contributed by atoms with van der Waals surface area (Å²) in [5.74, 6) is -0.586. The second-order valence-electron chi connectivity index (χ2n) is 8.20. The molecule has 31 heavy (non-hydrogen) atoms. The molecule has 8 heteroatoms. The Hall–Kier alpha value is -2.84. The van der Waals surface area contributed by atoms with Crippen molar-refractivity contribution in [3.8, 4) is 5.69 Å². The maximum absolute atomic E-state index is 12.9. The van der Waals surface area contributed by atoms with Gasteiger partial charge >= 0.3 is 0 Å². The molecule has 0 saturated carbocycles. The van der Waals surface area contributed by atoms with Crippen LogP contribution in [0.5, 0.6) is 0 Å². The van der Waals surface area contributed by atoms with Crippen LogP contribution in [0.25, 0.3) is 5.69 Å². The summed E-state index contributed by atoms with van der Waals surface area (Å²) in [5.41, 5.74) is 3.27. The summed E-state index contributed by atoms with van der Waals surface area (Å²) in [4.78, 5) is 32.5. The predicted octanol–water partition coefficient (Wildman–Crippen LogP) is 4.00. The van der Waals surface area contributed by atoms with Gasteiger partial charge in [0.2, 0.25) is 0 Å². The van der Waals surface area contributed by atoms with Crippen molar-refractivity contribution < 1.29 is 9.59 Å². The second kappa shape index (κ2) is 9.11. The number of benzene rings is 1. The van der Waals surface area contributed by atoms with Crippen LogP contribution >= 0.6 is 11.3 Å². The molecule has 7 nitrogen and oxygen atoms in total. The van der Waals surface area contributed by atoms with Crippen molar-refractivity contribution in [2.45, 2.75) is 40.2 Å². The SMILES string of the molecule is Cc1nn(-c2ccccc2)c(C)c1C(=O)C(=O)Nc1nc(CN2CCCC(C)C2)cs1. The van der Waals surface area contributed by atoms with E-state index in [1.165, 1.54) is 24.2 Å². The average Bonchev–Trinajstić information content (AvgIpc) is 3.31. The highest BCUT2D eigenvalue weighted by atomic mass is 32.1. The minimum atomic E-state index is -0.689. The van der Waals surface area contributed by atoms with Gasteiger partial charge in [-0.05, 0) is 51.3 Å². The number of likely N-dealkylation sites (tertiary alicyclic amines) is 1. The van der Waals surface area contributed by atoms with Crippen molar-refractivity contribution in [3.05, 3.63) is 58.4 Å². The van der Waals surface area contributed by atoms with Crippen molar-refractivity contribution >= 4 is 28.2 Å². The Balaban J connectivity index is 1.44. The molecule has 1 aliphatic heterocycles. The van der Waals surface area contributed by atoms with Crippen LogP contribution in [0.15, 0.2) is 35.7 Å². The van der Waals surface area contributed by atoms with Crippen LogP contribution in [0.3, 0.4) is 0 Å². The van der Waals surface area contributed by atoms with Gasteiger partial charge in [-0.3, -0.25) is 19.8 Å². The summed E-state index contributed by atoms with van der Waals surface area (Å²) >= 11 is 1.35. The summed E-state index contributed by atoms with van der Waals surface area (Å²) < 4.78 is 1.69. The first-order chi connectivity index (χ1) is 14.9. The first-order valence-corrected chi connectivity index (χ1v) is 11.4. The van der Waals surface area contributed by atoms with Crippen molar-refractivity contribution in [1.29, 1.82) is 0 Å². The summed E-state index contributed by atoms with van der Waals surface area (Å²) in [6, 6.07) is 9.56. The third kappa shape index (κ3) is 4.75. The minimum absolute atomic E-state index is 0.334. The fourth-order valence-corrected chi connectivity index (χ4v) is 4.85. The number of para-hydroxylation sites is 1. The van der Waals surface area contributed by atoms with Crippen LogP contribution in [0.4, 0.5) is 5.13 Å². The van der Waals surface area contributed by atoms with E-state index in [1.807, 2.05) is 35.7 Å². The van der Waals surface area contributed by atoms with Gasteiger partial charge in [0.15, 0.2) is 5.13 Å². The van der Waals surface area contributed by atoms with E-state index in [0.717, 1.165) is 31.0 Å². The Labute approximate surface area is 186 Å². The smallest absolute Gasteiger partial charge is 0.297 e. The molecule has 3 heterocycles. The van der Waals surface area contributed by atoms with Gasteiger partial charge in [0.25, 0.3) is 11.7 Å². The van der Waals surface area contributed by atoms with Crippen molar-refractivity contribution in [2.24, 2.45) is 5.92 Å². The first-order valence-electron chi connectivity index (χ1n) is 10.6. The molecule has 0 aliphatic carbocycles. The molecule has 0 radical (unpaired) electrons. The third-order valence-electron chi connectivity index (χ3n) is 5.62. The largest absolute Gasteiger partial charge is 0.298 e. The quantitative estimate of drug-likeness (QED) is 0.466. The van der Waals surface area contributed by atoms with Gasteiger partial charge in [-0.25, -0.2) is 9.67 Å². The Kier molecular flexibility index (Phi) is 6.29. The summed E-state index contributed by atoms with van der Waals surface area (Å²) in [5, 5.41) is 9.53. The molecule has 1 unspecified atom stereocenters. The molecule has 0 spiro atoms. The topological polar surface area (TPSA) is 80.1 Å². The number of nitrogens with zero attached hydrogens (tertiary/aromatic N) is 4. The molecule has 1 fully saturated rings. The molecule has 4 rings (SSSR count). The lowest BCUT2D eigenvalue weighted by atomic mass is 10.0. The number of ketones is 1. The van der Waals surface area contributed by atoms with E-state index >= 15 is 0 Å². The minimum Gasteiger partial charge on any atom is -0.297 e. The maximum Gasteiger partial charge on any atom is 0.298 e. The number of carbonyl (C=O) groups excluding carboxylic acids is 2. The number of anilines is 1. The van der Waals surface area contributed by atoms with Crippen LogP contribution < -0.4 is 5.32 Å². The van der Waals surface area contributed by atoms with Gasteiger partial charge in [0, 0.05) is 18.5 Å². The molecule has 1 N–H and O–H groups in total. The zero-order chi connectivity index (χ0) is 22.0. The molecule has 0 bridgehead atoms. The number of aryl methyl sites for hydroxylation is 1. The van der Waals surface area contributed by atoms with Crippen LogP contribution in [0, 0.1) is 19.8 Å². The highest BCUT2D eigenvalue weighted by molar-refractivity contribution is 7.14. The van der Waals surface area contributed by atoms with Crippen LogP contribution in [-0.4, -0.2) is 44.4 Å². The number of Topliss-reactive ketones (excluding diaryl/α,β-unsaturated/α-hetero) is 1. The van der Waals surface area contributed by atoms with E-state index in [2.05, 4.69) is 27.2 Å². The lowest BCUT2D eigenvalue weighted by molar-refractivity contribution is -0.112. The van der Waals surface area contributed by atoms with Crippen LogP contribution in [0.2, 0.25) is 0 Å². The van der Waals surface area contributed by atoms with Crippen LogP contribution in [-0.2, 0) is 11.3 Å². The average molecular weight is 438 g/mol. The number of hydrogen-bond donors (Lipinski definition) is 1. The van der Waals surface area contributed by atoms with Gasteiger partial charge in [0.05, 0.1) is 28.3 Å². The predicted molar refractivity (Wildman–Crippen MR) is 122 cm³/mol. The van der Waals surface area contributed by atoms with E-state index < -0.39 is 11.7 Å². The molecule has 1 aromatic carbocycles. The van der Waals surface area contributed by atoms with Gasteiger partial charge in [-0.1, -0.05) is 25.1 Å². The monoisotopic (exact) mass is 437 g/mol. The summed E-state index contributed by atoms with van der Waals surface area (Å²) in [6.07, 6.45) is 2.48. The maximum atomic E-state index is 12.9. The zero-order valence-corrected chi connectivity index (χ0v) is 18.9. The fraction of sp³-hybridized carbons (Fsp3) is 0.391. The Morgan fingerprint density at radius 2 is 2.00 bits per heavy atom. The van der Waals surface area contributed by atoms with E-state index in [0.29, 0.717) is 28.0 Å². The molecule has 3 aromatic rings. The standard InChI is InChI=1S/C23H27N5O2S/c1-15-8-7-11-27(12-15)13-18-14-31-23(24-18)25-22(30)21(29)20-16(2)26-28(17(20)3)19-9-5-4-6-10-19/h4-6,9-10,14-15H,7-8,11-13H2,1-3H3,(H,24,25,30). The highest BCUT2D eigenvalue weighted by Gasteiger charge is 2.26. The number of rotatable bonds is 6.